The van der Waals surface area contributed by atoms with Crippen LogP contribution in [0.25, 0.3) is 0 Å². The molecule has 0 aliphatic carbocycles. The largest absolute Gasteiger partial charge is 0.376 e. The minimum atomic E-state index is -0.405. The van der Waals surface area contributed by atoms with Crippen molar-refractivity contribution in [1.29, 1.82) is 0 Å². The fraction of sp³-hybridized carbons (Fsp3) is 0.154. The average molecular weight is 390 g/mol. The molecule has 1 N–H and O–H groups in total. The standard InChI is InChI=1S/C13H11BrCl2N4O/c1-20(2)10-4-3-7(14)5-9(10)17-13(21)8-6-11(15)18-19-12(8)16/h3-6H,1-2H3,(H,17,21). The molecule has 0 aliphatic rings. The molecule has 110 valence electrons. The first-order valence-electron chi connectivity index (χ1n) is 5.85. The SMILES string of the molecule is CN(C)c1ccc(Br)cc1NC(=O)c1cc(Cl)nnc1Cl. The molecule has 2 aromatic rings. The van der Waals surface area contributed by atoms with Crippen molar-refractivity contribution >= 4 is 56.4 Å². The average Bonchev–Trinajstić information content (AvgIpc) is 2.41. The number of rotatable bonds is 3. The lowest BCUT2D eigenvalue weighted by molar-refractivity contribution is 0.102. The summed E-state index contributed by atoms with van der Waals surface area (Å²) in [7, 11) is 3.77. The molecule has 0 saturated carbocycles. The van der Waals surface area contributed by atoms with E-state index < -0.39 is 5.91 Å². The molecule has 1 aromatic heterocycles. The van der Waals surface area contributed by atoms with Gasteiger partial charge in [0.2, 0.25) is 0 Å². The molecule has 0 spiro atoms. The fourth-order valence-electron chi connectivity index (χ4n) is 1.70. The molecule has 1 heterocycles. The number of hydrogen-bond donors (Lipinski definition) is 1. The number of anilines is 2. The normalized spacial score (nSPS) is 10.3. The van der Waals surface area contributed by atoms with Gasteiger partial charge < -0.3 is 10.2 Å². The number of carbonyl (C=O) groups excluding carboxylic acids is 1. The van der Waals surface area contributed by atoms with E-state index in [4.69, 9.17) is 23.2 Å². The number of nitrogens with one attached hydrogen (secondary N) is 1. The Labute approximate surface area is 140 Å². The quantitative estimate of drug-likeness (QED) is 0.865. The van der Waals surface area contributed by atoms with Crippen LogP contribution in [0.4, 0.5) is 11.4 Å². The molecule has 0 atom stereocenters. The third-order valence-electron chi connectivity index (χ3n) is 2.65. The Morgan fingerprint density at radius 3 is 2.62 bits per heavy atom. The molecule has 5 nitrogen and oxygen atoms in total. The number of nitrogens with zero attached hydrogens (tertiary/aromatic N) is 3. The zero-order valence-corrected chi connectivity index (χ0v) is 14.3. The van der Waals surface area contributed by atoms with Crippen molar-refractivity contribution in [2.75, 3.05) is 24.3 Å². The summed E-state index contributed by atoms with van der Waals surface area (Å²) in [6.07, 6.45) is 0. The van der Waals surface area contributed by atoms with E-state index in [0.29, 0.717) is 5.69 Å². The summed E-state index contributed by atoms with van der Waals surface area (Å²) in [4.78, 5) is 14.2. The molecule has 8 heteroatoms. The molecule has 2 rings (SSSR count). The van der Waals surface area contributed by atoms with E-state index in [1.807, 2.05) is 31.1 Å². The third-order valence-corrected chi connectivity index (χ3v) is 3.61. The van der Waals surface area contributed by atoms with Crippen molar-refractivity contribution in [3.63, 3.8) is 0 Å². The minimum absolute atomic E-state index is 0.00157. The number of aromatic nitrogens is 2. The Balaban J connectivity index is 2.35. The second kappa shape index (κ2) is 6.60. The summed E-state index contributed by atoms with van der Waals surface area (Å²) in [5.41, 5.74) is 1.67. The van der Waals surface area contributed by atoms with E-state index >= 15 is 0 Å². The van der Waals surface area contributed by atoms with Crippen LogP contribution >= 0.6 is 39.1 Å². The summed E-state index contributed by atoms with van der Waals surface area (Å²) in [6.45, 7) is 0. The number of halogens is 3. The van der Waals surface area contributed by atoms with Crippen LogP contribution in [0.1, 0.15) is 10.4 Å². The van der Waals surface area contributed by atoms with Gasteiger partial charge in [0, 0.05) is 18.6 Å². The Kier molecular flexibility index (Phi) is 5.03. The van der Waals surface area contributed by atoms with Gasteiger partial charge in [-0.3, -0.25) is 4.79 Å². The Hall–Kier alpha value is -1.37. The van der Waals surface area contributed by atoms with E-state index in [1.165, 1.54) is 6.07 Å². The predicted molar refractivity (Wildman–Crippen MR) is 88.5 cm³/mol. The highest BCUT2D eigenvalue weighted by Crippen LogP contribution is 2.29. The summed E-state index contributed by atoms with van der Waals surface area (Å²) >= 11 is 15.0. The molecular formula is C13H11BrCl2N4O. The van der Waals surface area contributed by atoms with Crippen molar-refractivity contribution < 1.29 is 4.79 Å². The van der Waals surface area contributed by atoms with Crippen molar-refractivity contribution in [3.05, 3.63) is 44.6 Å². The van der Waals surface area contributed by atoms with Gasteiger partial charge in [0.1, 0.15) is 0 Å². The lowest BCUT2D eigenvalue weighted by atomic mass is 10.2. The van der Waals surface area contributed by atoms with E-state index in [9.17, 15) is 4.79 Å². The van der Waals surface area contributed by atoms with Crippen molar-refractivity contribution in [3.8, 4) is 0 Å². The highest BCUT2D eigenvalue weighted by atomic mass is 79.9. The van der Waals surface area contributed by atoms with Gasteiger partial charge in [0.05, 0.1) is 16.9 Å². The molecule has 1 aromatic carbocycles. The lowest BCUT2D eigenvalue weighted by Gasteiger charge is -2.18. The second-order valence-corrected chi connectivity index (χ2v) is 6.04. The van der Waals surface area contributed by atoms with Crippen LogP contribution in [0.3, 0.4) is 0 Å². The zero-order valence-electron chi connectivity index (χ0n) is 11.2. The van der Waals surface area contributed by atoms with E-state index in [-0.39, 0.29) is 15.9 Å². The third kappa shape index (κ3) is 3.84. The number of carbonyl (C=O) groups is 1. The van der Waals surface area contributed by atoms with Crippen LogP contribution in [-0.4, -0.2) is 30.2 Å². The summed E-state index contributed by atoms with van der Waals surface area (Å²) < 4.78 is 0.848. The van der Waals surface area contributed by atoms with Gasteiger partial charge in [-0.05, 0) is 24.3 Å². The molecule has 0 saturated heterocycles. The molecule has 0 aliphatic heterocycles. The molecule has 0 unspecified atom stereocenters. The van der Waals surface area contributed by atoms with Gasteiger partial charge in [-0.2, -0.15) is 0 Å². The first-order chi connectivity index (χ1) is 9.88. The van der Waals surface area contributed by atoms with Crippen LogP contribution in [0.15, 0.2) is 28.7 Å². The second-order valence-electron chi connectivity index (χ2n) is 4.38. The van der Waals surface area contributed by atoms with Crippen LogP contribution in [0.5, 0.6) is 0 Å². The Morgan fingerprint density at radius 1 is 1.24 bits per heavy atom. The van der Waals surface area contributed by atoms with E-state index in [2.05, 4.69) is 31.4 Å². The molecule has 0 bridgehead atoms. The summed E-state index contributed by atoms with van der Waals surface area (Å²) in [5, 5.41) is 10.1. The topological polar surface area (TPSA) is 58.1 Å². The van der Waals surface area contributed by atoms with Crippen LogP contribution in [0, 0.1) is 0 Å². The van der Waals surface area contributed by atoms with Gasteiger partial charge in [0.25, 0.3) is 5.91 Å². The first-order valence-corrected chi connectivity index (χ1v) is 7.40. The van der Waals surface area contributed by atoms with Crippen LogP contribution < -0.4 is 10.2 Å². The number of hydrogen-bond acceptors (Lipinski definition) is 4. The maximum atomic E-state index is 12.3. The Morgan fingerprint density at radius 2 is 1.95 bits per heavy atom. The smallest absolute Gasteiger partial charge is 0.259 e. The van der Waals surface area contributed by atoms with Crippen molar-refractivity contribution in [1.82, 2.24) is 10.2 Å². The first kappa shape index (κ1) is 16.0. The van der Waals surface area contributed by atoms with Crippen molar-refractivity contribution in [2.45, 2.75) is 0 Å². The fourth-order valence-corrected chi connectivity index (χ4v) is 2.39. The summed E-state index contributed by atoms with van der Waals surface area (Å²) in [6, 6.07) is 6.96. The number of benzene rings is 1. The van der Waals surface area contributed by atoms with Gasteiger partial charge in [-0.25, -0.2) is 0 Å². The zero-order chi connectivity index (χ0) is 15.6. The molecule has 0 radical (unpaired) electrons. The maximum absolute atomic E-state index is 12.3. The van der Waals surface area contributed by atoms with Gasteiger partial charge >= 0.3 is 0 Å². The van der Waals surface area contributed by atoms with Gasteiger partial charge in [-0.15, -0.1) is 10.2 Å². The number of amides is 1. The lowest BCUT2D eigenvalue weighted by Crippen LogP contribution is -2.17. The van der Waals surface area contributed by atoms with Crippen LogP contribution in [-0.2, 0) is 0 Å². The van der Waals surface area contributed by atoms with E-state index in [1.54, 1.807) is 6.07 Å². The molecule has 0 fully saturated rings. The minimum Gasteiger partial charge on any atom is -0.376 e. The van der Waals surface area contributed by atoms with Crippen molar-refractivity contribution in [2.24, 2.45) is 0 Å². The Bertz CT molecular complexity index is 694. The maximum Gasteiger partial charge on any atom is 0.259 e. The van der Waals surface area contributed by atoms with Gasteiger partial charge in [0.15, 0.2) is 10.3 Å². The molecule has 21 heavy (non-hydrogen) atoms. The highest BCUT2D eigenvalue weighted by Gasteiger charge is 2.15. The monoisotopic (exact) mass is 388 g/mol. The molecule has 1 amide bonds. The van der Waals surface area contributed by atoms with Gasteiger partial charge in [-0.1, -0.05) is 39.1 Å². The molecular weight excluding hydrogens is 379 g/mol. The van der Waals surface area contributed by atoms with Crippen LogP contribution in [0.2, 0.25) is 10.3 Å². The highest BCUT2D eigenvalue weighted by molar-refractivity contribution is 9.10. The van der Waals surface area contributed by atoms with E-state index in [0.717, 1.165) is 10.2 Å². The summed E-state index contributed by atoms with van der Waals surface area (Å²) in [5.74, 6) is -0.405. The predicted octanol–water partition coefficient (Wildman–Crippen LogP) is 3.86.